The van der Waals surface area contributed by atoms with Gasteiger partial charge in [0.25, 0.3) is 0 Å². The molecule has 1 amide bonds. The van der Waals surface area contributed by atoms with Crippen molar-refractivity contribution in [2.24, 2.45) is 0 Å². The molecule has 0 radical (unpaired) electrons. The Labute approximate surface area is 200 Å². The second-order valence-corrected chi connectivity index (χ2v) is 8.72. The van der Waals surface area contributed by atoms with Gasteiger partial charge in [0, 0.05) is 18.2 Å². The Balaban J connectivity index is 1.33. The zero-order valence-corrected chi connectivity index (χ0v) is 20.2. The van der Waals surface area contributed by atoms with Gasteiger partial charge >= 0.3 is 6.09 Å². The molecule has 2 atom stereocenters. The highest BCUT2D eigenvalue weighted by molar-refractivity contribution is 5.70. The summed E-state index contributed by atoms with van der Waals surface area (Å²) >= 11 is 0. The smallest absolute Gasteiger partial charge is 0.410 e. The molecule has 2 aliphatic heterocycles. The largest absolute Gasteiger partial charge is 0.493 e. The number of rotatable bonds is 10. The van der Waals surface area contributed by atoms with Crippen LogP contribution < -0.4 is 24.8 Å². The number of benzene rings is 2. The van der Waals surface area contributed by atoms with Crippen LogP contribution in [0, 0.1) is 0 Å². The van der Waals surface area contributed by atoms with E-state index < -0.39 is 0 Å². The molecule has 8 nitrogen and oxygen atoms in total. The molecule has 2 aliphatic rings. The van der Waals surface area contributed by atoms with Crippen molar-refractivity contribution < 1.29 is 23.7 Å². The van der Waals surface area contributed by atoms with Gasteiger partial charge in [-0.1, -0.05) is 18.2 Å². The lowest BCUT2D eigenvalue weighted by Gasteiger charge is -2.27. The normalized spacial score (nSPS) is 19.0. The monoisotopic (exact) mass is 467 g/mol. The fourth-order valence-corrected chi connectivity index (χ4v) is 4.23. The van der Waals surface area contributed by atoms with Gasteiger partial charge in [0.15, 0.2) is 17.6 Å². The van der Waals surface area contributed by atoms with Gasteiger partial charge in [-0.15, -0.1) is 0 Å². The van der Waals surface area contributed by atoms with Crippen molar-refractivity contribution in [3.05, 3.63) is 59.3 Å². The van der Waals surface area contributed by atoms with Gasteiger partial charge in [0.05, 0.1) is 20.8 Å². The number of ether oxygens (including phenoxy) is 4. The van der Waals surface area contributed by atoms with Crippen molar-refractivity contribution in [3.63, 3.8) is 0 Å². The molecule has 2 unspecified atom stereocenters. The standard InChI is InChI=1S/C26H33N3O5/c1-17(2)28-25-21-6-5-7-22(20(21)10-12-27-25)33-16-19-15-29(26(30)34-19)13-11-18-8-9-23(31-3)24(14-18)32-4/h5-10,12,14,17,19,25,27-28H,11,13,15-16H2,1-4H3. The predicted octanol–water partition coefficient (Wildman–Crippen LogP) is 3.72. The SMILES string of the molecule is COc1ccc(CCN2CC(COc3cccc4c3C=CNC4NC(C)C)OC2=O)cc1OC. The number of carbonyl (C=O) groups is 1. The van der Waals surface area contributed by atoms with E-state index in [9.17, 15) is 4.79 Å². The third-order valence-corrected chi connectivity index (χ3v) is 5.92. The van der Waals surface area contributed by atoms with Gasteiger partial charge < -0.3 is 29.2 Å². The van der Waals surface area contributed by atoms with Crippen LogP contribution in [-0.4, -0.2) is 57.1 Å². The maximum Gasteiger partial charge on any atom is 0.410 e. The quantitative estimate of drug-likeness (QED) is 0.551. The first-order chi connectivity index (χ1) is 16.5. The lowest BCUT2D eigenvalue weighted by molar-refractivity contribution is 0.102. The number of hydrogen-bond donors (Lipinski definition) is 2. The zero-order valence-electron chi connectivity index (χ0n) is 20.2. The molecule has 0 bridgehead atoms. The summed E-state index contributed by atoms with van der Waals surface area (Å²) in [5, 5.41) is 6.85. The van der Waals surface area contributed by atoms with Crippen LogP contribution in [0.2, 0.25) is 0 Å². The molecular weight excluding hydrogens is 434 g/mol. The summed E-state index contributed by atoms with van der Waals surface area (Å²) in [7, 11) is 3.22. The molecule has 2 heterocycles. The maximum absolute atomic E-state index is 12.4. The summed E-state index contributed by atoms with van der Waals surface area (Å²) in [6, 6.07) is 12.1. The number of nitrogens with zero attached hydrogens (tertiary/aromatic N) is 1. The first-order valence-electron chi connectivity index (χ1n) is 11.6. The Morgan fingerprint density at radius 3 is 2.74 bits per heavy atom. The molecule has 2 N–H and O–H groups in total. The van der Waals surface area contributed by atoms with E-state index in [0.717, 1.165) is 22.4 Å². The molecule has 0 spiro atoms. The van der Waals surface area contributed by atoms with Crippen molar-refractivity contribution >= 4 is 12.2 Å². The fourth-order valence-electron chi connectivity index (χ4n) is 4.23. The molecule has 1 fully saturated rings. The van der Waals surface area contributed by atoms with Crippen molar-refractivity contribution in [2.45, 2.75) is 38.6 Å². The maximum atomic E-state index is 12.4. The van der Waals surface area contributed by atoms with Crippen LogP contribution in [0.15, 0.2) is 42.6 Å². The van der Waals surface area contributed by atoms with E-state index in [1.807, 2.05) is 42.6 Å². The highest BCUT2D eigenvalue weighted by atomic mass is 16.6. The molecule has 4 rings (SSSR count). The second kappa shape index (κ2) is 10.7. The summed E-state index contributed by atoms with van der Waals surface area (Å²) in [6.45, 7) is 5.59. The third-order valence-electron chi connectivity index (χ3n) is 5.92. The Hall–Kier alpha value is -3.39. The molecule has 34 heavy (non-hydrogen) atoms. The van der Waals surface area contributed by atoms with Crippen molar-refractivity contribution in [2.75, 3.05) is 33.9 Å². The topological polar surface area (TPSA) is 81.3 Å². The highest BCUT2D eigenvalue weighted by Gasteiger charge is 2.32. The van der Waals surface area contributed by atoms with E-state index in [4.69, 9.17) is 18.9 Å². The molecule has 1 saturated heterocycles. The summed E-state index contributed by atoms with van der Waals surface area (Å²) < 4.78 is 22.3. The van der Waals surface area contributed by atoms with E-state index in [2.05, 4.69) is 30.5 Å². The van der Waals surface area contributed by atoms with Gasteiger partial charge in [-0.25, -0.2) is 4.79 Å². The molecule has 2 aromatic rings. The number of nitrogens with one attached hydrogen (secondary N) is 2. The minimum atomic E-state index is -0.316. The number of hydrogen-bond acceptors (Lipinski definition) is 7. The Bertz CT molecular complexity index is 1040. The molecule has 2 aromatic carbocycles. The summed E-state index contributed by atoms with van der Waals surface area (Å²) in [4.78, 5) is 14.1. The van der Waals surface area contributed by atoms with Crippen LogP contribution in [-0.2, 0) is 11.2 Å². The number of carbonyl (C=O) groups excluding carboxylic acids is 1. The van der Waals surface area contributed by atoms with Gasteiger partial charge in [-0.3, -0.25) is 5.32 Å². The summed E-state index contributed by atoms with van der Waals surface area (Å²) in [5.74, 6) is 2.14. The minimum Gasteiger partial charge on any atom is -0.493 e. The van der Waals surface area contributed by atoms with E-state index in [0.29, 0.717) is 43.7 Å². The summed E-state index contributed by atoms with van der Waals surface area (Å²) in [5.41, 5.74) is 3.23. The van der Waals surface area contributed by atoms with Crippen LogP contribution in [0.3, 0.4) is 0 Å². The fraction of sp³-hybridized carbons (Fsp3) is 0.423. The van der Waals surface area contributed by atoms with Crippen molar-refractivity contribution in [3.8, 4) is 17.2 Å². The lowest BCUT2D eigenvalue weighted by atomic mass is 10.0. The number of amides is 1. The van der Waals surface area contributed by atoms with Crippen LogP contribution in [0.25, 0.3) is 6.08 Å². The Morgan fingerprint density at radius 2 is 1.97 bits per heavy atom. The first kappa shape index (κ1) is 23.8. The zero-order chi connectivity index (χ0) is 24.1. The highest BCUT2D eigenvalue weighted by Crippen LogP contribution is 2.31. The van der Waals surface area contributed by atoms with E-state index in [1.54, 1.807) is 19.1 Å². The van der Waals surface area contributed by atoms with Gasteiger partial charge in [0.1, 0.15) is 18.5 Å². The molecule has 182 valence electrons. The molecule has 0 aromatic heterocycles. The second-order valence-electron chi connectivity index (χ2n) is 8.72. The molecular formula is C26H33N3O5. The third kappa shape index (κ3) is 5.39. The van der Waals surface area contributed by atoms with E-state index in [-0.39, 0.29) is 18.4 Å². The predicted molar refractivity (Wildman–Crippen MR) is 130 cm³/mol. The van der Waals surface area contributed by atoms with Crippen molar-refractivity contribution in [1.82, 2.24) is 15.5 Å². The van der Waals surface area contributed by atoms with Crippen LogP contribution in [0.5, 0.6) is 17.2 Å². The number of fused-ring (bicyclic) bond motifs is 1. The number of methoxy groups -OCH3 is 2. The molecule has 0 aliphatic carbocycles. The minimum absolute atomic E-state index is 0.0277. The number of cyclic esters (lactones) is 1. The average Bonchev–Trinajstić information content (AvgIpc) is 3.20. The summed E-state index contributed by atoms with van der Waals surface area (Å²) in [6.07, 6.45) is 4.04. The van der Waals surface area contributed by atoms with E-state index >= 15 is 0 Å². The first-order valence-corrected chi connectivity index (χ1v) is 11.6. The molecule has 8 heteroatoms. The average molecular weight is 468 g/mol. The Kier molecular flexibility index (Phi) is 7.47. The van der Waals surface area contributed by atoms with Gasteiger partial charge in [-0.05, 0) is 61.9 Å². The molecule has 0 saturated carbocycles. The van der Waals surface area contributed by atoms with E-state index in [1.165, 1.54) is 0 Å². The van der Waals surface area contributed by atoms with Gasteiger partial charge in [-0.2, -0.15) is 0 Å². The van der Waals surface area contributed by atoms with Crippen LogP contribution >= 0.6 is 0 Å². The van der Waals surface area contributed by atoms with Crippen molar-refractivity contribution in [1.29, 1.82) is 0 Å². The van der Waals surface area contributed by atoms with Gasteiger partial charge in [0.2, 0.25) is 0 Å². The van der Waals surface area contributed by atoms with Crippen LogP contribution in [0.1, 0.15) is 36.7 Å². The van der Waals surface area contributed by atoms with Crippen LogP contribution in [0.4, 0.5) is 4.79 Å². The lowest BCUT2D eigenvalue weighted by Crippen LogP contribution is -2.37. The Morgan fingerprint density at radius 1 is 1.15 bits per heavy atom.